The van der Waals surface area contributed by atoms with Gasteiger partial charge in [-0.3, -0.25) is 4.79 Å². The molecule has 0 aromatic heterocycles. The number of nitrogens with one attached hydrogen (secondary N) is 1. The zero-order valence-corrected chi connectivity index (χ0v) is 9.80. The minimum Gasteiger partial charge on any atom is -0.353 e. The molecule has 3 N–H and O–H groups in total. The van der Waals surface area contributed by atoms with E-state index < -0.39 is 0 Å². The predicted octanol–water partition coefficient (Wildman–Crippen LogP) is 1.81. The Hall–Kier alpha value is -0.570. The number of carbonyl (C=O) groups is 1. The fourth-order valence-corrected chi connectivity index (χ4v) is 2.19. The Morgan fingerprint density at radius 3 is 2.87 bits per heavy atom. The maximum absolute atomic E-state index is 11.5. The van der Waals surface area contributed by atoms with Crippen LogP contribution in [-0.4, -0.2) is 18.5 Å². The Morgan fingerprint density at radius 1 is 1.33 bits per heavy atom. The van der Waals surface area contributed by atoms with E-state index in [1.54, 1.807) is 0 Å². The van der Waals surface area contributed by atoms with Gasteiger partial charge in [-0.25, -0.2) is 0 Å². The minimum absolute atomic E-state index is 0.181. The van der Waals surface area contributed by atoms with Crippen LogP contribution in [0.15, 0.2) is 0 Å². The minimum atomic E-state index is 0.181. The summed E-state index contributed by atoms with van der Waals surface area (Å²) in [6.07, 6.45) is 7.51. The van der Waals surface area contributed by atoms with E-state index in [4.69, 9.17) is 5.73 Å². The third kappa shape index (κ3) is 5.17. The summed E-state index contributed by atoms with van der Waals surface area (Å²) in [7, 11) is 0. The van der Waals surface area contributed by atoms with Crippen LogP contribution in [0.3, 0.4) is 0 Å². The Labute approximate surface area is 92.8 Å². The lowest BCUT2D eigenvalue weighted by Gasteiger charge is -2.16. The van der Waals surface area contributed by atoms with Gasteiger partial charge >= 0.3 is 0 Å². The van der Waals surface area contributed by atoms with E-state index in [0.717, 1.165) is 25.2 Å². The number of carbonyl (C=O) groups excluding carboxylic acids is 1. The van der Waals surface area contributed by atoms with Crippen LogP contribution in [0.1, 0.15) is 51.9 Å². The maximum Gasteiger partial charge on any atom is 0.220 e. The lowest BCUT2D eigenvalue weighted by atomic mass is 10.0. The summed E-state index contributed by atoms with van der Waals surface area (Å²) in [6.45, 7) is 2.91. The zero-order valence-electron chi connectivity index (χ0n) is 9.80. The molecule has 1 fully saturated rings. The maximum atomic E-state index is 11.5. The molecular formula is C12H24N2O. The Kier molecular flexibility index (Phi) is 5.69. The van der Waals surface area contributed by atoms with Gasteiger partial charge in [0, 0.05) is 12.5 Å². The van der Waals surface area contributed by atoms with Crippen LogP contribution >= 0.6 is 0 Å². The Morgan fingerprint density at radius 2 is 2.13 bits per heavy atom. The Bertz CT molecular complexity index is 194. The average Bonchev–Trinajstić information content (AvgIpc) is 2.41. The van der Waals surface area contributed by atoms with Crippen molar-refractivity contribution in [1.82, 2.24) is 5.32 Å². The topological polar surface area (TPSA) is 55.1 Å². The number of amides is 1. The molecule has 0 saturated heterocycles. The summed E-state index contributed by atoms with van der Waals surface area (Å²) in [6, 6.07) is 0.417. The quantitative estimate of drug-likeness (QED) is 0.698. The van der Waals surface area contributed by atoms with Crippen LogP contribution in [0.25, 0.3) is 0 Å². The zero-order chi connectivity index (χ0) is 11.1. The fourth-order valence-electron chi connectivity index (χ4n) is 2.19. The molecule has 0 aromatic carbocycles. The van der Waals surface area contributed by atoms with Crippen molar-refractivity contribution in [3.05, 3.63) is 0 Å². The monoisotopic (exact) mass is 212 g/mol. The van der Waals surface area contributed by atoms with Gasteiger partial charge in [-0.1, -0.05) is 19.8 Å². The number of rotatable bonds is 4. The van der Waals surface area contributed by atoms with Crippen LogP contribution in [-0.2, 0) is 4.79 Å². The first kappa shape index (κ1) is 12.5. The molecule has 15 heavy (non-hydrogen) atoms. The van der Waals surface area contributed by atoms with E-state index in [-0.39, 0.29) is 5.91 Å². The van der Waals surface area contributed by atoms with Gasteiger partial charge in [-0.2, -0.15) is 0 Å². The molecule has 1 rings (SSSR count). The molecule has 3 heteroatoms. The standard InChI is InChI=1S/C12H24N2O/c1-10-4-2-5-11(8-7-10)14-12(15)6-3-9-13/h10-11H,2-9,13H2,1H3,(H,14,15). The van der Waals surface area contributed by atoms with Gasteiger partial charge in [-0.05, 0) is 38.1 Å². The molecule has 0 aliphatic heterocycles. The normalized spacial score (nSPS) is 27.1. The Balaban J connectivity index is 2.22. The summed E-state index contributed by atoms with van der Waals surface area (Å²) in [5.41, 5.74) is 5.37. The number of hydrogen-bond acceptors (Lipinski definition) is 2. The molecule has 1 aliphatic carbocycles. The molecule has 0 spiro atoms. The van der Waals surface area contributed by atoms with Crippen molar-refractivity contribution in [3.8, 4) is 0 Å². The van der Waals surface area contributed by atoms with Crippen LogP contribution in [0.4, 0.5) is 0 Å². The molecule has 3 nitrogen and oxygen atoms in total. The number of nitrogens with two attached hydrogens (primary N) is 1. The molecule has 1 aliphatic rings. The van der Waals surface area contributed by atoms with Crippen LogP contribution in [0, 0.1) is 5.92 Å². The average molecular weight is 212 g/mol. The van der Waals surface area contributed by atoms with Gasteiger partial charge in [0.2, 0.25) is 5.91 Å². The highest BCUT2D eigenvalue weighted by Gasteiger charge is 2.17. The van der Waals surface area contributed by atoms with Crippen molar-refractivity contribution < 1.29 is 4.79 Å². The smallest absolute Gasteiger partial charge is 0.220 e. The third-order valence-electron chi connectivity index (χ3n) is 3.23. The summed E-state index contributed by atoms with van der Waals surface area (Å²) in [5.74, 6) is 1.01. The van der Waals surface area contributed by atoms with Gasteiger partial charge in [0.25, 0.3) is 0 Å². The van der Waals surface area contributed by atoms with Gasteiger partial charge < -0.3 is 11.1 Å². The first-order valence-electron chi connectivity index (χ1n) is 6.21. The summed E-state index contributed by atoms with van der Waals surface area (Å²) >= 11 is 0. The van der Waals surface area contributed by atoms with E-state index in [0.29, 0.717) is 19.0 Å². The molecule has 2 unspecified atom stereocenters. The van der Waals surface area contributed by atoms with E-state index in [2.05, 4.69) is 12.2 Å². The van der Waals surface area contributed by atoms with E-state index in [1.807, 2.05) is 0 Å². The molecule has 1 amide bonds. The van der Waals surface area contributed by atoms with Gasteiger partial charge in [0.15, 0.2) is 0 Å². The summed E-state index contributed by atoms with van der Waals surface area (Å²) < 4.78 is 0. The van der Waals surface area contributed by atoms with Gasteiger partial charge in [-0.15, -0.1) is 0 Å². The van der Waals surface area contributed by atoms with Crippen molar-refractivity contribution in [3.63, 3.8) is 0 Å². The van der Waals surface area contributed by atoms with Crippen molar-refractivity contribution in [1.29, 1.82) is 0 Å². The van der Waals surface area contributed by atoms with E-state index in [1.165, 1.54) is 19.3 Å². The summed E-state index contributed by atoms with van der Waals surface area (Å²) in [5, 5.41) is 3.12. The highest BCUT2D eigenvalue weighted by molar-refractivity contribution is 5.76. The first-order valence-corrected chi connectivity index (χ1v) is 6.21. The molecule has 1 saturated carbocycles. The largest absolute Gasteiger partial charge is 0.353 e. The summed E-state index contributed by atoms with van der Waals surface area (Å²) in [4.78, 5) is 11.5. The molecule has 0 radical (unpaired) electrons. The SMILES string of the molecule is CC1CCCC(NC(=O)CCCN)CC1. The lowest BCUT2D eigenvalue weighted by molar-refractivity contribution is -0.121. The van der Waals surface area contributed by atoms with Crippen LogP contribution in [0.5, 0.6) is 0 Å². The molecule has 88 valence electrons. The molecule has 2 atom stereocenters. The first-order chi connectivity index (χ1) is 7.22. The molecule has 0 bridgehead atoms. The number of hydrogen-bond donors (Lipinski definition) is 2. The predicted molar refractivity (Wildman–Crippen MR) is 62.5 cm³/mol. The van der Waals surface area contributed by atoms with Gasteiger partial charge in [0.05, 0.1) is 0 Å². The van der Waals surface area contributed by atoms with Crippen molar-refractivity contribution in [2.45, 2.75) is 57.9 Å². The second kappa shape index (κ2) is 6.83. The fraction of sp³-hybridized carbons (Fsp3) is 0.917. The second-order valence-electron chi connectivity index (χ2n) is 4.77. The van der Waals surface area contributed by atoms with Crippen molar-refractivity contribution >= 4 is 5.91 Å². The van der Waals surface area contributed by atoms with Crippen LogP contribution < -0.4 is 11.1 Å². The molecule has 0 aromatic rings. The van der Waals surface area contributed by atoms with Gasteiger partial charge in [0.1, 0.15) is 0 Å². The van der Waals surface area contributed by atoms with Crippen LogP contribution in [0.2, 0.25) is 0 Å². The van der Waals surface area contributed by atoms with E-state index >= 15 is 0 Å². The van der Waals surface area contributed by atoms with Crippen molar-refractivity contribution in [2.75, 3.05) is 6.54 Å². The highest BCUT2D eigenvalue weighted by atomic mass is 16.1. The van der Waals surface area contributed by atoms with Crippen molar-refractivity contribution in [2.24, 2.45) is 11.7 Å². The second-order valence-corrected chi connectivity index (χ2v) is 4.77. The molecular weight excluding hydrogens is 188 g/mol. The lowest BCUT2D eigenvalue weighted by Crippen LogP contribution is -2.34. The highest BCUT2D eigenvalue weighted by Crippen LogP contribution is 2.22. The van der Waals surface area contributed by atoms with E-state index in [9.17, 15) is 4.79 Å². The molecule has 0 heterocycles. The third-order valence-corrected chi connectivity index (χ3v) is 3.23.